The van der Waals surface area contributed by atoms with Crippen LogP contribution in [0.4, 0.5) is 0 Å². The second-order valence-electron chi connectivity index (χ2n) is 3.85. The molecule has 14 heavy (non-hydrogen) atoms. The number of hydrogen-bond acceptors (Lipinski definition) is 1. The molecule has 0 saturated heterocycles. The molecule has 1 aromatic carbocycles. The number of aryl methyl sites for hydroxylation is 1. The van der Waals surface area contributed by atoms with E-state index < -0.39 is 0 Å². The molecule has 1 aromatic rings. The van der Waals surface area contributed by atoms with Crippen molar-refractivity contribution >= 4 is 0 Å². The number of unbranched alkanes of at least 4 members (excludes halogenated alkanes) is 2. The molecule has 0 saturated carbocycles. The smallest absolute Gasteiger partial charge is 0.122 e. The number of ether oxygens (including phenoxy) is 1. The van der Waals surface area contributed by atoms with Crippen molar-refractivity contribution in [3.05, 3.63) is 36.2 Å². The van der Waals surface area contributed by atoms with Crippen LogP contribution in [0.5, 0.6) is 5.75 Å². The summed E-state index contributed by atoms with van der Waals surface area (Å²) < 4.78 is 5.53. The van der Waals surface area contributed by atoms with Crippen molar-refractivity contribution < 1.29 is 4.74 Å². The minimum atomic E-state index is 0.859. The van der Waals surface area contributed by atoms with Crippen molar-refractivity contribution in [1.82, 2.24) is 0 Å². The van der Waals surface area contributed by atoms with Crippen molar-refractivity contribution in [2.45, 2.75) is 32.1 Å². The lowest BCUT2D eigenvalue weighted by Crippen LogP contribution is -1.88. The van der Waals surface area contributed by atoms with Gasteiger partial charge in [0.2, 0.25) is 0 Å². The predicted molar refractivity (Wildman–Crippen MR) is 58.6 cm³/mol. The van der Waals surface area contributed by atoms with E-state index >= 15 is 0 Å². The molecule has 0 spiro atoms. The molecule has 0 bridgehead atoms. The van der Waals surface area contributed by atoms with Gasteiger partial charge in [-0.2, -0.15) is 0 Å². The lowest BCUT2D eigenvalue weighted by atomic mass is 10.0. The second-order valence-corrected chi connectivity index (χ2v) is 3.85. The normalized spacial score (nSPS) is 13.8. The fourth-order valence-electron chi connectivity index (χ4n) is 1.87. The monoisotopic (exact) mass is 189 g/mol. The standard InChI is InChI=1S/C13H17O/c1-2-3-4-5-11-6-7-12-8-9-14-13(12)10-11/h6-7,10H,1-5,8-9H2. The molecule has 1 aliphatic heterocycles. The van der Waals surface area contributed by atoms with Crippen LogP contribution in [-0.2, 0) is 12.8 Å². The molecule has 1 aliphatic rings. The maximum absolute atomic E-state index is 5.53. The Labute approximate surface area is 86.1 Å². The van der Waals surface area contributed by atoms with Gasteiger partial charge in [0, 0.05) is 6.42 Å². The number of benzene rings is 1. The van der Waals surface area contributed by atoms with E-state index in [0.717, 1.165) is 31.6 Å². The van der Waals surface area contributed by atoms with Crippen LogP contribution in [0.3, 0.4) is 0 Å². The molecule has 0 fully saturated rings. The van der Waals surface area contributed by atoms with Gasteiger partial charge in [-0.3, -0.25) is 0 Å². The van der Waals surface area contributed by atoms with Crippen molar-refractivity contribution in [3.63, 3.8) is 0 Å². The zero-order valence-corrected chi connectivity index (χ0v) is 8.59. The molecule has 1 heterocycles. The Morgan fingerprint density at radius 3 is 3.07 bits per heavy atom. The molecule has 0 aromatic heterocycles. The highest BCUT2D eigenvalue weighted by Crippen LogP contribution is 2.26. The molecule has 0 amide bonds. The van der Waals surface area contributed by atoms with Gasteiger partial charge in [-0.05, 0) is 30.0 Å². The summed E-state index contributed by atoms with van der Waals surface area (Å²) in [5.41, 5.74) is 2.77. The summed E-state index contributed by atoms with van der Waals surface area (Å²) >= 11 is 0. The summed E-state index contributed by atoms with van der Waals surface area (Å²) in [6, 6.07) is 6.64. The fraction of sp³-hybridized carbons (Fsp3) is 0.462. The van der Waals surface area contributed by atoms with Gasteiger partial charge in [-0.1, -0.05) is 31.9 Å². The van der Waals surface area contributed by atoms with Gasteiger partial charge in [0.1, 0.15) is 5.75 Å². The minimum Gasteiger partial charge on any atom is -0.493 e. The predicted octanol–water partition coefficient (Wildman–Crippen LogP) is 3.17. The summed E-state index contributed by atoms with van der Waals surface area (Å²) in [5.74, 6) is 1.11. The lowest BCUT2D eigenvalue weighted by Gasteiger charge is -2.03. The summed E-state index contributed by atoms with van der Waals surface area (Å²) in [6.45, 7) is 4.71. The maximum atomic E-state index is 5.53. The molecule has 0 atom stereocenters. The highest BCUT2D eigenvalue weighted by atomic mass is 16.5. The zero-order valence-electron chi connectivity index (χ0n) is 8.59. The molecule has 1 nitrogen and oxygen atoms in total. The largest absolute Gasteiger partial charge is 0.493 e. The Hall–Kier alpha value is -0.980. The van der Waals surface area contributed by atoms with Gasteiger partial charge in [-0.25, -0.2) is 0 Å². The molecule has 2 rings (SSSR count). The van der Waals surface area contributed by atoms with E-state index in [1.165, 1.54) is 24.0 Å². The third-order valence-electron chi connectivity index (χ3n) is 2.73. The first-order chi connectivity index (χ1) is 6.90. The van der Waals surface area contributed by atoms with E-state index in [-0.39, 0.29) is 0 Å². The number of fused-ring (bicyclic) bond motifs is 1. The van der Waals surface area contributed by atoms with Crippen LogP contribution in [0.15, 0.2) is 18.2 Å². The van der Waals surface area contributed by atoms with Gasteiger partial charge in [0.15, 0.2) is 0 Å². The summed E-state index contributed by atoms with van der Waals surface area (Å²) in [4.78, 5) is 0. The molecule has 0 N–H and O–H groups in total. The van der Waals surface area contributed by atoms with E-state index in [1.54, 1.807) is 0 Å². The van der Waals surface area contributed by atoms with Gasteiger partial charge >= 0.3 is 0 Å². The number of rotatable bonds is 4. The van der Waals surface area contributed by atoms with Gasteiger partial charge in [-0.15, -0.1) is 0 Å². The van der Waals surface area contributed by atoms with E-state index in [2.05, 4.69) is 25.1 Å². The van der Waals surface area contributed by atoms with Crippen LogP contribution >= 0.6 is 0 Å². The average Bonchev–Trinajstić information content (AvgIpc) is 2.65. The third kappa shape index (κ3) is 2.09. The van der Waals surface area contributed by atoms with Crippen LogP contribution in [0.2, 0.25) is 0 Å². The highest BCUT2D eigenvalue weighted by Gasteiger charge is 2.11. The van der Waals surface area contributed by atoms with E-state index in [4.69, 9.17) is 4.74 Å². The average molecular weight is 189 g/mol. The molecule has 1 heteroatoms. The lowest BCUT2D eigenvalue weighted by molar-refractivity contribution is 0.356. The summed E-state index contributed by atoms with van der Waals surface area (Å²) in [5, 5.41) is 0. The third-order valence-corrected chi connectivity index (χ3v) is 2.73. The Bertz CT molecular complexity index is 304. The van der Waals surface area contributed by atoms with E-state index in [0.29, 0.717) is 0 Å². The first kappa shape index (κ1) is 9.57. The number of hydrogen-bond donors (Lipinski definition) is 0. The van der Waals surface area contributed by atoms with Crippen LogP contribution < -0.4 is 4.74 Å². The van der Waals surface area contributed by atoms with E-state index in [9.17, 15) is 0 Å². The Kier molecular flexibility index (Phi) is 3.07. The van der Waals surface area contributed by atoms with Crippen molar-refractivity contribution in [3.8, 4) is 5.75 Å². The molecule has 75 valence electrons. The summed E-state index contributed by atoms with van der Waals surface area (Å²) in [6.07, 6.45) is 5.74. The van der Waals surface area contributed by atoms with Crippen molar-refractivity contribution in [2.75, 3.05) is 6.61 Å². The Morgan fingerprint density at radius 1 is 1.29 bits per heavy atom. The van der Waals surface area contributed by atoms with Crippen LogP contribution in [0.1, 0.15) is 30.4 Å². The quantitative estimate of drug-likeness (QED) is 0.661. The van der Waals surface area contributed by atoms with Gasteiger partial charge < -0.3 is 4.74 Å². The zero-order chi connectivity index (χ0) is 9.80. The molecule has 0 aliphatic carbocycles. The topological polar surface area (TPSA) is 9.23 Å². The minimum absolute atomic E-state index is 0.859. The maximum Gasteiger partial charge on any atom is 0.122 e. The van der Waals surface area contributed by atoms with Crippen LogP contribution in [0, 0.1) is 6.92 Å². The van der Waals surface area contributed by atoms with E-state index in [1.807, 2.05) is 0 Å². The van der Waals surface area contributed by atoms with Crippen LogP contribution in [0.25, 0.3) is 0 Å². The van der Waals surface area contributed by atoms with Gasteiger partial charge in [0.25, 0.3) is 0 Å². The SMILES string of the molecule is [CH2]CCCCc1ccc2c(c1)OCC2. The molecular weight excluding hydrogens is 172 g/mol. The Balaban J connectivity index is 1.98. The van der Waals surface area contributed by atoms with Crippen molar-refractivity contribution in [2.24, 2.45) is 0 Å². The summed E-state index contributed by atoms with van der Waals surface area (Å²) in [7, 11) is 0. The fourth-order valence-corrected chi connectivity index (χ4v) is 1.87. The first-order valence-electron chi connectivity index (χ1n) is 5.44. The van der Waals surface area contributed by atoms with Gasteiger partial charge in [0.05, 0.1) is 6.61 Å². The first-order valence-corrected chi connectivity index (χ1v) is 5.44. The molecular formula is C13H17O. The van der Waals surface area contributed by atoms with Crippen molar-refractivity contribution in [1.29, 1.82) is 0 Å². The molecule has 1 radical (unpaired) electrons. The Morgan fingerprint density at radius 2 is 2.21 bits per heavy atom. The second kappa shape index (κ2) is 4.50. The molecule has 0 unspecified atom stereocenters. The highest BCUT2D eigenvalue weighted by molar-refractivity contribution is 5.40. The van der Waals surface area contributed by atoms with Crippen LogP contribution in [-0.4, -0.2) is 6.61 Å².